The zero-order chi connectivity index (χ0) is 23.3. The highest BCUT2D eigenvalue weighted by Gasteiger charge is 2.31. The summed E-state index contributed by atoms with van der Waals surface area (Å²) in [5, 5.41) is 0.381. The van der Waals surface area contributed by atoms with Gasteiger partial charge in [-0.1, -0.05) is 27.5 Å². The lowest BCUT2D eigenvalue weighted by Gasteiger charge is -2.23. The van der Waals surface area contributed by atoms with Crippen molar-refractivity contribution in [2.75, 3.05) is 17.5 Å². The molecule has 0 radical (unpaired) electrons. The van der Waals surface area contributed by atoms with Gasteiger partial charge in [-0.2, -0.15) is 4.31 Å². The lowest BCUT2D eigenvalue weighted by atomic mass is 10.3. The number of hydrogen-bond acceptors (Lipinski definition) is 5. The molecule has 0 saturated heterocycles. The number of ether oxygens (including phenoxy) is 2. The molecule has 32 heavy (non-hydrogen) atoms. The summed E-state index contributed by atoms with van der Waals surface area (Å²) in [5.74, 6) is 0.193. The van der Waals surface area contributed by atoms with Crippen LogP contribution in [-0.4, -0.2) is 27.5 Å². The molecule has 3 aromatic rings. The highest BCUT2D eigenvalue weighted by molar-refractivity contribution is 9.11. The van der Waals surface area contributed by atoms with Crippen molar-refractivity contribution in [1.29, 1.82) is 0 Å². The molecule has 0 fully saturated rings. The Morgan fingerprint density at radius 2 is 1.62 bits per heavy atom. The van der Waals surface area contributed by atoms with E-state index in [1.807, 2.05) is 6.92 Å². The van der Waals surface area contributed by atoms with E-state index in [1.165, 1.54) is 36.4 Å². The molecule has 0 saturated carbocycles. The van der Waals surface area contributed by atoms with Gasteiger partial charge in [0.25, 0.3) is 15.9 Å². The molecule has 1 amide bonds. The molecule has 0 aliphatic rings. The van der Waals surface area contributed by atoms with Gasteiger partial charge in [0.05, 0.1) is 21.7 Å². The molecule has 0 spiro atoms. The van der Waals surface area contributed by atoms with Gasteiger partial charge in [0.1, 0.15) is 11.5 Å². The van der Waals surface area contributed by atoms with Crippen LogP contribution in [0.3, 0.4) is 0 Å². The minimum absolute atomic E-state index is 0.0750. The van der Waals surface area contributed by atoms with E-state index in [-0.39, 0.29) is 10.6 Å². The van der Waals surface area contributed by atoms with E-state index >= 15 is 0 Å². The summed E-state index contributed by atoms with van der Waals surface area (Å²) in [6, 6.07) is 17.0. The van der Waals surface area contributed by atoms with Crippen LogP contribution in [0.5, 0.6) is 11.5 Å². The number of halogens is 3. The minimum atomic E-state index is -4.23. The molecule has 0 aliphatic heterocycles. The molecule has 0 N–H and O–H groups in total. The molecule has 10 heteroatoms. The van der Waals surface area contributed by atoms with Gasteiger partial charge >= 0.3 is 0 Å². The number of hydrogen-bond donors (Lipinski definition) is 0. The highest BCUT2D eigenvalue weighted by Crippen LogP contribution is 2.30. The fraction of sp³-hybridized carbons (Fsp3) is 0.136. The Balaban J connectivity index is 1.95. The standard InChI is InChI=1S/C22H18Br2ClNO5S/c1-2-30-18-8-6-17(7-9-18)26(32(28,29)19-10-4-16(25)5-11-19)22(27)14-31-21-12-3-15(23)13-20(21)24/h3-13H,2,14H2,1H3. The van der Waals surface area contributed by atoms with E-state index in [0.717, 1.165) is 8.78 Å². The third-order valence-electron chi connectivity index (χ3n) is 4.21. The van der Waals surface area contributed by atoms with Crippen LogP contribution >= 0.6 is 43.5 Å². The molecule has 0 heterocycles. The van der Waals surface area contributed by atoms with E-state index in [0.29, 0.717) is 27.6 Å². The summed E-state index contributed by atoms with van der Waals surface area (Å²) in [5.41, 5.74) is 0.159. The SMILES string of the molecule is CCOc1ccc(N(C(=O)COc2ccc(Br)cc2Br)S(=O)(=O)c2ccc(Cl)cc2)cc1. The Morgan fingerprint density at radius 3 is 2.22 bits per heavy atom. The van der Waals surface area contributed by atoms with E-state index in [1.54, 1.807) is 30.3 Å². The summed E-state index contributed by atoms with van der Waals surface area (Å²) >= 11 is 12.6. The van der Waals surface area contributed by atoms with Crippen molar-refractivity contribution in [1.82, 2.24) is 0 Å². The first-order chi connectivity index (χ1) is 15.2. The summed E-state index contributed by atoms with van der Waals surface area (Å²) in [6.07, 6.45) is 0. The Morgan fingerprint density at radius 1 is 0.969 bits per heavy atom. The molecule has 0 bridgehead atoms. The van der Waals surface area contributed by atoms with Gasteiger partial charge in [-0.25, -0.2) is 8.42 Å². The van der Waals surface area contributed by atoms with Gasteiger partial charge in [-0.05, 0) is 89.6 Å². The maximum absolute atomic E-state index is 13.4. The molecule has 0 aliphatic carbocycles. The first kappa shape index (κ1) is 24.6. The number of carbonyl (C=O) groups is 1. The molecule has 3 rings (SSSR count). The third-order valence-corrected chi connectivity index (χ3v) is 7.33. The Kier molecular flexibility index (Phi) is 8.21. The lowest BCUT2D eigenvalue weighted by molar-refractivity contribution is -0.119. The van der Waals surface area contributed by atoms with E-state index in [9.17, 15) is 13.2 Å². The average Bonchev–Trinajstić information content (AvgIpc) is 2.75. The van der Waals surface area contributed by atoms with E-state index in [2.05, 4.69) is 31.9 Å². The smallest absolute Gasteiger partial charge is 0.278 e. The summed E-state index contributed by atoms with van der Waals surface area (Å²) in [7, 11) is -4.23. The van der Waals surface area contributed by atoms with Crippen molar-refractivity contribution in [3.05, 3.63) is 80.7 Å². The van der Waals surface area contributed by atoms with Crippen LogP contribution in [0.15, 0.2) is 80.6 Å². The molecule has 0 unspecified atom stereocenters. The summed E-state index contributed by atoms with van der Waals surface area (Å²) in [4.78, 5) is 13.1. The topological polar surface area (TPSA) is 72.9 Å². The number of nitrogens with zero attached hydrogens (tertiary/aromatic N) is 1. The van der Waals surface area contributed by atoms with Crippen LogP contribution in [0.4, 0.5) is 5.69 Å². The van der Waals surface area contributed by atoms with Gasteiger partial charge in [0.15, 0.2) is 6.61 Å². The maximum atomic E-state index is 13.4. The Hall–Kier alpha value is -2.07. The average molecular weight is 604 g/mol. The largest absolute Gasteiger partial charge is 0.494 e. The van der Waals surface area contributed by atoms with Crippen LogP contribution in [0.2, 0.25) is 5.02 Å². The monoisotopic (exact) mass is 601 g/mol. The predicted octanol–water partition coefficient (Wildman–Crippen LogP) is 6.06. The maximum Gasteiger partial charge on any atom is 0.278 e. The molecular formula is C22H18Br2ClNO5S. The first-order valence-electron chi connectivity index (χ1n) is 9.37. The quantitative estimate of drug-likeness (QED) is 0.313. The Labute approximate surface area is 208 Å². The fourth-order valence-corrected chi connectivity index (χ4v) is 5.46. The number of rotatable bonds is 8. The molecule has 0 aromatic heterocycles. The van der Waals surface area contributed by atoms with Crippen LogP contribution in [0.1, 0.15) is 6.92 Å². The van der Waals surface area contributed by atoms with Gasteiger partial charge in [0, 0.05) is 9.50 Å². The molecule has 3 aromatic carbocycles. The van der Waals surface area contributed by atoms with Crippen LogP contribution < -0.4 is 13.8 Å². The Bertz CT molecular complexity index is 1200. The fourth-order valence-electron chi connectivity index (χ4n) is 2.76. The number of benzene rings is 3. The summed E-state index contributed by atoms with van der Waals surface area (Å²) < 4.78 is 39.9. The second-order valence-electron chi connectivity index (χ2n) is 6.41. The van der Waals surface area contributed by atoms with Crippen molar-refractivity contribution < 1.29 is 22.7 Å². The number of anilines is 1. The second kappa shape index (κ2) is 10.7. The van der Waals surface area contributed by atoms with Crippen molar-refractivity contribution in [3.63, 3.8) is 0 Å². The van der Waals surface area contributed by atoms with E-state index in [4.69, 9.17) is 21.1 Å². The third kappa shape index (κ3) is 5.83. The zero-order valence-corrected chi connectivity index (χ0v) is 21.5. The lowest BCUT2D eigenvalue weighted by Crippen LogP contribution is -2.40. The van der Waals surface area contributed by atoms with Crippen molar-refractivity contribution in [2.24, 2.45) is 0 Å². The van der Waals surface area contributed by atoms with Crippen LogP contribution in [0, 0.1) is 0 Å². The second-order valence-corrected chi connectivity index (χ2v) is 10.4. The first-order valence-corrected chi connectivity index (χ1v) is 12.8. The molecule has 6 nitrogen and oxygen atoms in total. The number of carbonyl (C=O) groups excluding carboxylic acids is 1. The van der Waals surface area contributed by atoms with Crippen molar-refractivity contribution in [2.45, 2.75) is 11.8 Å². The van der Waals surface area contributed by atoms with Gasteiger partial charge in [-0.15, -0.1) is 0 Å². The normalized spacial score (nSPS) is 11.1. The van der Waals surface area contributed by atoms with Crippen LogP contribution in [-0.2, 0) is 14.8 Å². The predicted molar refractivity (Wildman–Crippen MR) is 131 cm³/mol. The zero-order valence-electron chi connectivity index (χ0n) is 16.8. The van der Waals surface area contributed by atoms with Crippen molar-refractivity contribution in [3.8, 4) is 11.5 Å². The van der Waals surface area contributed by atoms with Gasteiger partial charge in [0.2, 0.25) is 0 Å². The van der Waals surface area contributed by atoms with Crippen LogP contribution in [0.25, 0.3) is 0 Å². The van der Waals surface area contributed by atoms with Gasteiger partial charge < -0.3 is 9.47 Å². The highest BCUT2D eigenvalue weighted by atomic mass is 79.9. The van der Waals surface area contributed by atoms with Crippen molar-refractivity contribution >= 4 is 65.1 Å². The number of amides is 1. The summed E-state index contributed by atoms with van der Waals surface area (Å²) in [6.45, 7) is 1.80. The molecule has 0 atom stereocenters. The van der Waals surface area contributed by atoms with Gasteiger partial charge in [-0.3, -0.25) is 4.79 Å². The molecular weight excluding hydrogens is 586 g/mol. The number of sulfonamides is 1. The minimum Gasteiger partial charge on any atom is -0.494 e. The van der Waals surface area contributed by atoms with E-state index < -0.39 is 22.5 Å². The molecule has 168 valence electrons.